The molecule has 0 rings (SSSR count). The molecule has 0 aromatic carbocycles. The lowest BCUT2D eigenvalue weighted by atomic mass is 10.2. The van der Waals surface area contributed by atoms with Crippen LogP contribution in [0.1, 0.15) is 26.7 Å². The minimum atomic E-state index is -0.769. The third-order valence-electron chi connectivity index (χ3n) is 0.962. The van der Waals surface area contributed by atoms with Gasteiger partial charge in [0.05, 0.1) is 0 Å². The largest absolute Gasteiger partial charge is 0.386 e. The van der Waals surface area contributed by atoms with E-state index < -0.39 is 6.10 Å². The van der Waals surface area contributed by atoms with Gasteiger partial charge in [-0.05, 0) is 13.3 Å². The standard InChI is InChI=1S/C6H12O2/c1-3-4-6(8)5(2)7/h5,7H,3-4H2,1-2H3/t5-/m0/s1. The number of hydrogen-bond donors (Lipinski definition) is 1. The summed E-state index contributed by atoms with van der Waals surface area (Å²) in [5, 5.41) is 8.60. The highest BCUT2D eigenvalue weighted by Gasteiger charge is 2.05. The lowest BCUT2D eigenvalue weighted by Gasteiger charge is -1.98. The second-order valence-corrected chi connectivity index (χ2v) is 1.89. The molecule has 0 aromatic heterocycles. The van der Waals surface area contributed by atoms with Crippen molar-refractivity contribution in [2.45, 2.75) is 32.8 Å². The van der Waals surface area contributed by atoms with Crippen LogP contribution in [-0.4, -0.2) is 17.0 Å². The highest BCUT2D eigenvalue weighted by atomic mass is 16.3. The second-order valence-electron chi connectivity index (χ2n) is 1.89. The van der Waals surface area contributed by atoms with Gasteiger partial charge in [-0.15, -0.1) is 0 Å². The first-order chi connectivity index (χ1) is 3.68. The van der Waals surface area contributed by atoms with Crippen molar-refractivity contribution in [2.75, 3.05) is 0 Å². The summed E-state index contributed by atoms with van der Waals surface area (Å²) < 4.78 is 0. The molecule has 0 saturated carbocycles. The molecular formula is C6H12O2. The molecule has 0 heterocycles. The Morgan fingerprint density at radius 1 is 1.75 bits per heavy atom. The molecule has 0 fully saturated rings. The first-order valence-corrected chi connectivity index (χ1v) is 2.89. The first kappa shape index (κ1) is 7.63. The van der Waals surface area contributed by atoms with Crippen molar-refractivity contribution in [3.05, 3.63) is 0 Å². The number of ketones is 1. The first-order valence-electron chi connectivity index (χ1n) is 2.89. The molecule has 0 aliphatic heterocycles. The van der Waals surface area contributed by atoms with Crippen LogP contribution in [0.5, 0.6) is 0 Å². The Morgan fingerprint density at radius 2 is 2.25 bits per heavy atom. The van der Waals surface area contributed by atoms with Crippen molar-refractivity contribution in [3.63, 3.8) is 0 Å². The normalized spacial score (nSPS) is 13.4. The van der Waals surface area contributed by atoms with E-state index in [0.717, 1.165) is 6.42 Å². The molecule has 0 aliphatic carbocycles. The van der Waals surface area contributed by atoms with Crippen molar-refractivity contribution in [3.8, 4) is 0 Å². The molecule has 8 heavy (non-hydrogen) atoms. The number of aliphatic hydroxyl groups is 1. The zero-order chi connectivity index (χ0) is 6.57. The average Bonchev–Trinajstić information content (AvgIpc) is 1.67. The molecule has 2 heteroatoms. The summed E-state index contributed by atoms with van der Waals surface area (Å²) in [4.78, 5) is 10.5. The maximum Gasteiger partial charge on any atom is 0.160 e. The van der Waals surface area contributed by atoms with Gasteiger partial charge in [0, 0.05) is 6.42 Å². The summed E-state index contributed by atoms with van der Waals surface area (Å²) in [6.07, 6.45) is 0.552. The van der Waals surface area contributed by atoms with Gasteiger partial charge < -0.3 is 5.11 Å². The molecular weight excluding hydrogens is 104 g/mol. The Morgan fingerprint density at radius 3 is 2.38 bits per heavy atom. The van der Waals surface area contributed by atoms with Gasteiger partial charge in [0.25, 0.3) is 0 Å². The summed E-state index contributed by atoms with van der Waals surface area (Å²) in [6, 6.07) is 0. The van der Waals surface area contributed by atoms with Crippen LogP contribution >= 0.6 is 0 Å². The number of Topliss-reactive ketones (excluding diaryl/α,β-unsaturated/α-hetero) is 1. The van der Waals surface area contributed by atoms with Gasteiger partial charge >= 0.3 is 0 Å². The van der Waals surface area contributed by atoms with Gasteiger partial charge in [-0.2, -0.15) is 0 Å². The van der Waals surface area contributed by atoms with Crippen molar-refractivity contribution in [1.29, 1.82) is 0 Å². The van der Waals surface area contributed by atoms with E-state index in [2.05, 4.69) is 0 Å². The van der Waals surface area contributed by atoms with Gasteiger partial charge in [0.2, 0.25) is 0 Å². The number of carbonyl (C=O) groups excluding carboxylic acids is 1. The monoisotopic (exact) mass is 116 g/mol. The van der Waals surface area contributed by atoms with Crippen LogP contribution in [0, 0.1) is 0 Å². The molecule has 1 atom stereocenters. The Kier molecular flexibility index (Phi) is 3.44. The molecule has 0 aromatic rings. The summed E-state index contributed by atoms with van der Waals surface area (Å²) in [7, 11) is 0. The Labute approximate surface area is 49.5 Å². The van der Waals surface area contributed by atoms with Crippen molar-refractivity contribution >= 4 is 5.78 Å². The van der Waals surface area contributed by atoms with E-state index in [0.29, 0.717) is 6.42 Å². The predicted octanol–water partition coefficient (Wildman–Crippen LogP) is 0.736. The van der Waals surface area contributed by atoms with E-state index in [9.17, 15) is 4.79 Å². The van der Waals surface area contributed by atoms with Crippen LogP contribution in [0.25, 0.3) is 0 Å². The molecule has 0 aliphatic rings. The highest BCUT2D eigenvalue weighted by Crippen LogP contribution is 1.92. The fraction of sp³-hybridized carbons (Fsp3) is 0.833. The maximum absolute atomic E-state index is 10.5. The van der Waals surface area contributed by atoms with Crippen LogP contribution in [0.3, 0.4) is 0 Å². The van der Waals surface area contributed by atoms with E-state index in [4.69, 9.17) is 5.11 Å². The van der Waals surface area contributed by atoms with E-state index in [1.165, 1.54) is 6.92 Å². The zero-order valence-corrected chi connectivity index (χ0v) is 5.35. The lowest BCUT2D eigenvalue weighted by Crippen LogP contribution is -2.14. The summed E-state index contributed by atoms with van der Waals surface area (Å²) >= 11 is 0. The Bertz CT molecular complexity index is 76.6. The topological polar surface area (TPSA) is 37.3 Å². The predicted molar refractivity (Wildman–Crippen MR) is 31.6 cm³/mol. The van der Waals surface area contributed by atoms with Crippen LogP contribution < -0.4 is 0 Å². The minimum Gasteiger partial charge on any atom is -0.386 e. The second kappa shape index (κ2) is 3.61. The fourth-order valence-electron chi connectivity index (χ4n) is 0.455. The quantitative estimate of drug-likeness (QED) is 0.590. The third kappa shape index (κ3) is 2.75. The van der Waals surface area contributed by atoms with Crippen LogP contribution in [0.2, 0.25) is 0 Å². The fourth-order valence-corrected chi connectivity index (χ4v) is 0.455. The van der Waals surface area contributed by atoms with Gasteiger partial charge in [-0.25, -0.2) is 0 Å². The van der Waals surface area contributed by atoms with E-state index >= 15 is 0 Å². The van der Waals surface area contributed by atoms with Crippen molar-refractivity contribution in [2.24, 2.45) is 0 Å². The smallest absolute Gasteiger partial charge is 0.160 e. The average molecular weight is 116 g/mol. The number of aliphatic hydroxyl groups excluding tert-OH is 1. The van der Waals surface area contributed by atoms with Crippen LogP contribution in [0.15, 0.2) is 0 Å². The molecule has 48 valence electrons. The molecule has 0 bridgehead atoms. The van der Waals surface area contributed by atoms with E-state index in [1.54, 1.807) is 0 Å². The summed E-state index contributed by atoms with van der Waals surface area (Å²) in [5.41, 5.74) is 0. The summed E-state index contributed by atoms with van der Waals surface area (Å²) in [5.74, 6) is -0.0625. The molecule has 0 amide bonds. The molecule has 1 N–H and O–H groups in total. The highest BCUT2D eigenvalue weighted by molar-refractivity contribution is 5.82. The minimum absolute atomic E-state index is 0.0625. The number of hydrogen-bond acceptors (Lipinski definition) is 2. The van der Waals surface area contributed by atoms with E-state index in [1.807, 2.05) is 6.92 Å². The van der Waals surface area contributed by atoms with Crippen molar-refractivity contribution in [1.82, 2.24) is 0 Å². The Balaban J connectivity index is 3.33. The van der Waals surface area contributed by atoms with Gasteiger partial charge in [0.1, 0.15) is 6.10 Å². The zero-order valence-electron chi connectivity index (χ0n) is 5.35. The molecule has 0 unspecified atom stereocenters. The van der Waals surface area contributed by atoms with E-state index in [-0.39, 0.29) is 5.78 Å². The van der Waals surface area contributed by atoms with Gasteiger partial charge in [-0.1, -0.05) is 6.92 Å². The Hall–Kier alpha value is -0.370. The molecule has 0 radical (unpaired) electrons. The molecule has 0 saturated heterocycles. The maximum atomic E-state index is 10.5. The SMILES string of the molecule is CCCC(=O)[C@H](C)O. The van der Waals surface area contributed by atoms with Crippen molar-refractivity contribution < 1.29 is 9.90 Å². The number of carbonyl (C=O) groups is 1. The lowest BCUT2D eigenvalue weighted by molar-refractivity contribution is -0.126. The number of rotatable bonds is 3. The van der Waals surface area contributed by atoms with Crippen LogP contribution in [0.4, 0.5) is 0 Å². The van der Waals surface area contributed by atoms with Gasteiger partial charge in [0.15, 0.2) is 5.78 Å². The summed E-state index contributed by atoms with van der Waals surface area (Å²) in [6.45, 7) is 3.41. The third-order valence-corrected chi connectivity index (χ3v) is 0.962. The molecule has 0 spiro atoms. The van der Waals surface area contributed by atoms with Crippen LogP contribution in [-0.2, 0) is 4.79 Å². The van der Waals surface area contributed by atoms with Gasteiger partial charge in [-0.3, -0.25) is 4.79 Å². The molecule has 2 nitrogen and oxygen atoms in total.